The van der Waals surface area contributed by atoms with E-state index in [1.165, 1.54) is 43.8 Å². The van der Waals surface area contributed by atoms with Gasteiger partial charge in [0.15, 0.2) is 29.4 Å². The summed E-state index contributed by atoms with van der Waals surface area (Å²) in [5.41, 5.74) is -3.29. The molecule has 1 aliphatic heterocycles. The predicted octanol–water partition coefficient (Wildman–Crippen LogP) is 7.01. The Hall–Kier alpha value is -2.53. The third-order valence-electron chi connectivity index (χ3n) is 14.0. The molecule has 0 aromatic carbocycles. The molecule has 5 aliphatic rings. The molecule has 15 nitrogen and oxygen atoms in total. The van der Waals surface area contributed by atoms with E-state index in [-0.39, 0.29) is 76.4 Å². The summed E-state index contributed by atoms with van der Waals surface area (Å²) in [5, 5.41) is 11.8. The second-order valence-corrected chi connectivity index (χ2v) is 22.3. The Kier molecular flexibility index (Phi) is 21.5. The average Bonchev–Trinajstić information content (AvgIpc) is 3.86. The molecule has 20 heteroatoms. The summed E-state index contributed by atoms with van der Waals surface area (Å²) in [6.45, 7) is 17.0. The molecule has 1 aromatic heterocycles. The molecule has 3 saturated carbocycles. The van der Waals surface area contributed by atoms with Crippen molar-refractivity contribution in [2.75, 3.05) is 31.0 Å². The van der Waals surface area contributed by atoms with Gasteiger partial charge in [0.25, 0.3) is 0 Å². The van der Waals surface area contributed by atoms with Crippen LogP contribution in [0.4, 0.5) is 0 Å². The van der Waals surface area contributed by atoms with Crippen molar-refractivity contribution < 1.29 is 93.9 Å². The van der Waals surface area contributed by atoms with Gasteiger partial charge in [-0.1, -0.05) is 53.2 Å². The van der Waals surface area contributed by atoms with E-state index < -0.39 is 87.1 Å². The number of ether oxygens (including phenoxy) is 6. The molecule has 0 radical (unpaired) electrons. The Labute approximate surface area is 425 Å². The molecule has 4 fully saturated rings. The molecular weight excluding hydrogens is 1140 g/mol. The van der Waals surface area contributed by atoms with Crippen LogP contribution in [-0.2, 0) is 92.2 Å². The molecule has 0 unspecified atom stereocenters. The fraction of sp³-hybridized carbons (Fsp3) is 0.681. The van der Waals surface area contributed by atoms with Crippen LogP contribution in [0.5, 0.6) is 0 Å². The van der Waals surface area contributed by atoms with Crippen molar-refractivity contribution >= 4 is 85.2 Å². The SMILES string of the molecule is CC(=O)OC[C@H]1O[C@@H]([S-])[C@H](OC(C)=O)[C@@H](OC(C)=O)[C@@H]1OC(C)=O.CCP(CC)CC.C[C@@H]1C[C@H]2[C@@H]3CCC4=CC(=O)C=C[C@]4(C)[C@@]3(Cl)[C@@H](O)C[C@]2(C)[C@@]1(OC(=O)c1ccco1)C(=O)CCl.[Au+]. The number of halogens is 2. The van der Waals surface area contributed by atoms with Crippen LogP contribution in [0.1, 0.15) is 105 Å². The van der Waals surface area contributed by atoms with Gasteiger partial charge in [0, 0.05) is 44.4 Å². The van der Waals surface area contributed by atoms with Gasteiger partial charge >= 0.3 is 52.2 Å². The number of esters is 5. The Morgan fingerprint density at radius 2 is 1.49 bits per heavy atom. The van der Waals surface area contributed by atoms with Gasteiger partial charge in [0.2, 0.25) is 5.76 Å². The molecule has 1 N–H and O–H groups in total. The largest absolute Gasteiger partial charge is 1.00 e. The number of carbonyl (C=O) groups excluding carboxylic acids is 7. The van der Waals surface area contributed by atoms with Crippen molar-refractivity contribution in [3.63, 3.8) is 0 Å². The summed E-state index contributed by atoms with van der Waals surface area (Å²) in [5.74, 6) is -4.74. The molecule has 0 bridgehead atoms. The first-order valence-corrected chi connectivity index (χ1v) is 25.6. The summed E-state index contributed by atoms with van der Waals surface area (Å²) < 4.78 is 37.0. The van der Waals surface area contributed by atoms with Gasteiger partial charge < -0.3 is 50.6 Å². The molecule has 2 heterocycles. The van der Waals surface area contributed by atoms with Crippen molar-refractivity contribution in [1.82, 2.24) is 0 Å². The minimum absolute atomic E-state index is 0. The van der Waals surface area contributed by atoms with E-state index in [1.54, 1.807) is 12.1 Å². The Balaban J connectivity index is 0.000000324. The van der Waals surface area contributed by atoms with Crippen molar-refractivity contribution in [1.29, 1.82) is 0 Å². The van der Waals surface area contributed by atoms with E-state index in [0.717, 1.165) is 26.3 Å². The summed E-state index contributed by atoms with van der Waals surface area (Å²) in [4.78, 5) is 82.7. The molecule has 0 amide bonds. The fourth-order valence-electron chi connectivity index (χ4n) is 10.9. The van der Waals surface area contributed by atoms with E-state index in [9.17, 15) is 38.7 Å². The molecule has 1 aromatic rings. The second kappa shape index (κ2) is 24.5. The van der Waals surface area contributed by atoms with Gasteiger partial charge in [0.05, 0.1) is 23.1 Å². The van der Waals surface area contributed by atoms with Crippen molar-refractivity contribution in [3.05, 3.63) is 48.0 Å². The zero-order valence-electron chi connectivity index (χ0n) is 39.6. The molecule has 6 rings (SSSR count). The van der Waals surface area contributed by atoms with Gasteiger partial charge in [-0.05, 0) is 85.7 Å². The Bertz CT molecular complexity index is 2010. The maximum atomic E-state index is 13.6. The third kappa shape index (κ3) is 12.2. The van der Waals surface area contributed by atoms with Crippen LogP contribution in [0.3, 0.4) is 0 Å². The molecule has 1 saturated heterocycles. The summed E-state index contributed by atoms with van der Waals surface area (Å²) >= 11 is 18.7. The first kappa shape index (κ1) is 58.8. The number of aliphatic hydroxyl groups excluding tert-OH is 1. The Morgan fingerprint density at radius 1 is 0.910 bits per heavy atom. The van der Waals surface area contributed by atoms with Gasteiger partial charge in [-0.25, -0.2) is 4.79 Å². The first-order valence-electron chi connectivity index (χ1n) is 22.3. The number of hydrogen-bond donors (Lipinski definition) is 1. The summed E-state index contributed by atoms with van der Waals surface area (Å²) in [6, 6.07) is 3.07. The average molecular weight is 1200 g/mol. The van der Waals surface area contributed by atoms with Crippen LogP contribution in [0.15, 0.2) is 46.6 Å². The summed E-state index contributed by atoms with van der Waals surface area (Å²) in [7, 11) is 0.446. The monoisotopic (exact) mass is 1200 g/mol. The molecular formula is C47H64AuCl2O15PS. The van der Waals surface area contributed by atoms with Gasteiger partial charge in [-0.3, -0.25) is 28.8 Å². The molecule has 13 atom stereocenters. The number of fused-ring (bicyclic) bond motifs is 5. The Morgan fingerprint density at radius 3 is 2.00 bits per heavy atom. The minimum Gasteiger partial charge on any atom is -0.757 e. The van der Waals surface area contributed by atoms with Crippen molar-refractivity contribution in [3.8, 4) is 0 Å². The summed E-state index contributed by atoms with van der Waals surface area (Å²) in [6.07, 6.45) is 7.22. The number of alkyl halides is 2. The molecule has 67 heavy (non-hydrogen) atoms. The van der Waals surface area contributed by atoms with Gasteiger partial charge in [-0.2, -0.15) is 0 Å². The number of hydrogen-bond acceptors (Lipinski definition) is 16. The van der Waals surface area contributed by atoms with Gasteiger partial charge in [0.1, 0.15) is 18.8 Å². The predicted molar refractivity (Wildman–Crippen MR) is 248 cm³/mol. The number of allylic oxidation sites excluding steroid dienone is 4. The zero-order chi connectivity index (χ0) is 49.5. The van der Waals surface area contributed by atoms with E-state index in [0.29, 0.717) is 27.2 Å². The van der Waals surface area contributed by atoms with Crippen molar-refractivity contribution in [2.45, 2.75) is 141 Å². The molecule has 4 aliphatic carbocycles. The minimum atomic E-state index is -1.53. The van der Waals surface area contributed by atoms with Crippen molar-refractivity contribution in [2.24, 2.45) is 28.6 Å². The standard InChI is InChI=1S/C27H30Cl2O6.C14H20O9S.C6H15P.Au/c1-15-11-19-18-7-6-16-12-17(30)8-9-24(16,2)26(18,29)21(31)13-25(19,3)27(15,22(32)14-28)35-23(33)20-5-4-10-34-20;1-6(15)19-5-10-11(20-7(2)16)12(21-8(3)17)13(14(24)23-10)22-9(4)18;1-4-7(5-2)6-3;/h4-5,8-10,12,15,18-19,21,31H,6-7,11,13-14H2,1-3H3;10-14,24H,5H2,1-4H3;4-6H2,1-3H3;/q;;;+1/p-1/t15-,18+,19+,21+,24+,25+,26+,27+;10-,11-,12+,13-,14+;;/m11../s1. The third-order valence-corrected chi connectivity index (χ3v) is 18.2. The topological polar surface area (TPSA) is 208 Å². The van der Waals surface area contributed by atoms with Crippen LogP contribution in [0, 0.1) is 28.6 Å². The van der Waals surface area contributed by atoms with Crippen LogP contribution >= 0.6 is 31.1 Å². The normalized spacial score (nSPS) is 34.6. The fourth-order valence-corrected chi connectivity index (χ4v) is 13.4. The number of rotatable bonds is 12. The number of aliphatic hydroxyl groups is 1. The van der Waals surface area contributed by atoms with E-state index in [2.05, 4.69) is 20.8 Å². The smallest absolute Gasteiger partial charge is 0.757 e. The zero-order valence-corrected chi connectivity index (χ0v) is 45.0. The number of furan rings is 1. The van der Waals surface area contributed by atoms with E-state index >= 15 is 0 Å². The van der Waals surface area contributed by atoms with Crippen LogP contribution in [0.25, 0.3) is 0 Å². The van der Waals surface area contributed by atoms with Crippen LogP contribution < -0.4 is 0 Å². The molecule has 0 spiro atoms. The maximum absolute atomic E-state index is 13.6. The van der Waals surface area contributed by atoms with Crippen LogP contribution in [0.2, 0.25) is 0 Å². The molecule has 378 valence electrons. The van der Waals surface area contributed by atoms with E-state index in [1.807, 2.05) is 26.8 Å². The maximum Gasteiger partial charge on any atom is 1.00 e. The number of ketones is 2. The second-order valence-electron chi connectivity index (χ2n) is 17.7. The van der Waals surface area contributed by atoms with E-state index in [4.69, 9.17) is 68.7 Å². The van der Waals surface area contributed by atoms with Gasteiger partial charge in [-0.15, -0.1) is 31.1 Å². The van der Waals surface area contributed by atoms with Crippen LogP contribution in [-0.4, -0.2) is 124 Å². The first-order chi connectivity index (χ1) is 30.9. The quantitative estimate of drug-likeness (QED) is 0.0558. The number of carbonyl (C=O) groups is 7. The number of Topliss-reactive ketones (excluding diaryl/α,β-unsaturated/α-hetero) is 1.